The number of aromatic amines is 1. The lowest BCUT2D eigenvalue weighted by Crippen LogP contribution is -2.35. The van der Waals surface area contributed by atoms with Gasteiger partial charge in [0.05, 0.1) is 11.3 Å². The van der Waals surface area contributed by atoms with E-state index >= 15 is 0 Å². The van der Waals surface area contributed by atoms with Gasteiger partial charge in [-0.25, -0.2) is 4.98 Å². The Balaban J connectivity index is 1.54. The molecular formula is C20H17F3N4O. The van der Waals surface area contributed by atoms with Gasteiger partial charge in [-0.2, -0.15) is 13.2 Å². The Hall–Kier alpha value is -3.00. The minimum atomic E-state index is -4.34. The fourth-order valence-corrected chi connectivity index (χ4v) is 3.33. The lowest BCUT2D eigenvalue weighted by Gasteiger charge is -2.27. The highest BCUT2D eigenvalue weighted by atomic mass is 19.4. The van der Waals surface area contributed by atoms with Crippen LogP contribution >= 0.6 is 0 Å². The molecule has 0 saturated carbocycles. The Bertz CT molecular complexity index is 1030. The fraction of sp³-hybridized carbons (Fsp3) is 0.250. The molecule has 2 aromatic heterocycles. The first kappa shape index (κ1) is 18.4. The number of rotatable bonds is 3. The predicted molar refractivity (Wildman–Crippen MR) is 97.4 cm³/mol. The van der Waals surface area contributed by atoms with Gasteiger partial charge in [-0.1, -0.05) is 12.1 Å². The fourth-order valence-electron chi connectivity index (χ4n) is 3.33. The molecule has 1 aliphatic rings. The summed E-state index contributed by atoms with van der Waals surface area (Å²) in [6.45, 7) is 1.60. The average molecular weight is 386 g/mol. The summed E-state index contributed by atoms with van der Waals surface area (Å²) in [7, 11) is 0. The van der Waals surface area contributed by atoms with E-state index in [9.17, 15) is 18.0 Å². The Labute approximate surface area is 158 Å². The number of aromatic nitrogens is 3. The van der Waals surface area contributed by atoms with Crippen molar-refractivity contribution in [3.05, 3.63) is 81.5 Å². The van der Waals surface area contributed by atoms with Crippen LogP contribution in [-0.2, 0) is 25.7 Å². The van der Waals surface area contributed by atoms with E-state index in [-0.39, 0.29) is 5.56 Å². The third-order valence-electron chi connectivity index (χ3n) is 4.77. The van der Waals surface area contributed by atoms with Crippen molar-refractivity contribution in [2.45, 2.75) is 25.7 Å². The Morgan fingerprint density at radius 3 is 2.61 bits per heavy atom. The number of pyridine rings is 1. The number of nitrogens with one attached hydrogen (secondary N) is 1. The second kappa shape index (κ2) is 7.20. The number of halogens is 3. The molecule has 0 radical (unpaired) electrons. The van der Waals surface area contributed by atoms with Crippen LogP contribution in [0, 0.1) is 0 Å². The quantitative estimate of drug-likeness (QED) is 0.749. The molecule has 5 nitrogen and oxygen atoms in total. The van der Waals surface area contributed by atoms with Crippen LogP contribution in [0.15, 0.2) is 53.6 Å². The van der Waals surface area contributed by atoms with Crippen LogP contribution < -0.4 is 5.56 Å². The minimum Gasteiger partial charge on any atom is -0.306 e. The highest BCUT2D eigenvalue weighted by Crippen LogP contribution is 2.29. The number of hydrogen-bond acceptors (Lipinski definition) is 4. The highest BCUT2D eigenvalue weighted by molar-refractivity contribution is 5.53. The zero-order valence-electron chi connectivity index (χ0n) is 14.8. The van der Waals surface area contributed by atoms with Crippen LogP contribution in [0.25, 0.3) is 11.4 Å². The molecule has 0 saturated heterocycles. The van der Waals surface area contributed by atoms with E-state index in [1.807, 2.05) is 6.07 Å². The van der Waals surface area contributed by atoms with Gasteiger partial charge in [0.1, 0.15) is 5.82 Å². The Kier molecular flexibility index (Phi) is 4.72. The van der Waals surface area contributed by atoms with Crippen molar-refractivity contribution >= 4 is 0 Å². The third kappa shape index (κ3) is 3.82. The van der Waals surface area contributed by atoms with Gasteiger partial charge in [0, 0.05) is 43.2 Å². The summed E-state index contributed by atoms with van der Waals surface area (Å²) in [5.41, 5.74) is 2.06. The third-order valence-corrected chi connectivity index (χ3v) is 4.77. The first-order valence-electron chi connectivity index (χ1n) is 8.81. The topological polar surface area (TPSA) is 61.9 Å². The maximum absolute atomic E-state index is 12.7. The molecule has 8 heteroatoms. The highest BCUT2D eigenvalue weighted by Gasteiger charge is 2.30. The molecule has 0 bridgehead atoms. The first-order valence-corrected chi connectivity index (χ1v) is 8.81. The SMILES string of the molecule is O=c1[nH]c(-c2cccnc2)nc2c1CCN(Cc1ccc(C(F)(F)F)cc1)C2. The molecule has 0 amide bonds. The van der Waals surface area contributed by atoms with Crippen molar-refractivity contribution in [3.63, 3.8) is 0 Å². The second-order valence-corrected chi connectivity index (χ2v) is 6.74. The summed E-state index contributed by atoms with van der Waals surface area (Å²) in [5, 5.41) is 0. The molecule has 0 unspecified atom stereocenters. The molecule has 0 spiro atoms. The van der Waals surface area contributed by atoms with Crippen LogP contribution in [0.1, 0.15) is 22.4 Å². The number of nitrogens with zero attached hydrogens (tertiary/aromatic N) is 3. The summed E-state index contributed by atoms with van der Waals surface area (Å²) in [6.07, 6.45) is -0.513. The number of benzene rings is 1. The molecule has 28 heavy (non-hydrogen) atoms. The molecule has 144 valence electrons. The van der Waals surface area contributed by atoms with Crippen LogP contribution in [-0.4, -0.2) is 26.4 Å². The standard InChI is InChI=1S/C20H17F3N4O/c21-20(22,23)15-5-3-13(4-6-15)11-27-9-7-16-17(12-27)25-18(26-19(16)28)14-2-1-8-24-10-14/h1-6,8,10H,7,9,11-12H2,(H,25,26,28). The normalized spacial score (nSPS) is 14.7. The van der Waals surface area contributed by atoms with Crippen molar-refractivity contribution in [2.75, 3.05) is 6.54 Å². The Morgan fingerprint density at radius 2 is 1.93 bits per heavy atom. The summed E-state index contributed by atoms with van der Waals surface area (Å²) in [4.78, 5) is 25.9. The molecule has 1 N–H and O–H groups in total. The number of fused-ring (bicyclic) bond motifs is 1. The molecule has 0 atom stereocenters. The van der Waals surface area contributed by atoms with Crippen molar-refractivity contribution in [1.82, 2.24) is 19.9 Å². The van der Waals surface area contributed by atoms with E-state index in [0.717, 1.165) is 23.3 Å². The molecule has 3 heterocycles. The van der Waals surface area contributed by atoms with E-state index in [4.69, 9.17) is 0 Å². The molecule has 1 aliphatic heterocycles. The lowest BCUT2D eigenvalue weighted by molar-refractivity contribution is -0.137. The monoisotopic (exact) mass is 386 g/mol. The zero-order chi connectivity index (χ0) is 19.7. The van der Waals surface area contributed by atoms with Gasteiger partial charge in [-0.3, -0.25) is 14.7 Å². The summed E-state index contributed by atoms with van der Waals surface area (Å²) in [6, 6.07) is 8.76. The van der Waals surface area contributed by atoms with Gasteiger partial charge in [-0.05, 0) is 36.2 Å². The van der Waals surface area contributed by atoms with E-state index in [1.54, 1.807) is 18.5 Å². The lowest BCUT2D eigenvalue weighted by atomic mass is 10.0. The predicted octanol–water partition coefficient (Wildman–Crippen LogP) is 3.41. The molecule has 0 aliphatic carbocycles. The van der Waals surface area contributed by atoms with E-state index < -0.39 is 11.7 Å². The summed E-state index contributed by atoms with van der Waals surface area (Å²) < 4.78 is 38.1. The van der Waals surface area contributed by atoms with E-state index in [0.29, 0.717) is 43.1 Å². The summed E-state index contributed by atoms with van der Waals surface area (Å²) >= 11 is 0. The van der Waals surface area contributed by atoms with Gasteiger partial charge >= 0.3 is 6.18 Å². The van der Waals surface area contributed by atoms with Gasteiger partial charge in [0.2, 0.25) is 0 Å². The van der Waals surface area contributed by atoms with Crippen LogP contribution in [0.4, 0.5) is 13.2 Å². The van der Waals surface area contributed by atoms with Crippen molar-refractivity contribution in [1.29, 1.82) is 0 Å². The minimum absolute atomic E-state index is 0.155. The Morgan fingerprint density at radius 1 is 1.14 bits per heavy atom. The maximum Gasteiger partial charge on any atom is 0.416 e. The van der Waals surface area contributed by atoms with Crippen LogP contribution in [0.3, 0.4) is 0 Å². The molecule has 3 aromatic rings. The first-order chi connectivity index (χ1) is 13.4. The van der Waals surface area contributed by atoms with Gasteiger partial charge < -0.3 is 4.98 Å². The number of alkyl halides is 3. The smallest absolute Gasteiger partial charge is 0.306 e. The average Bonchev–Trinajstić information content (AvgIpc) is 2.68. The largest absolute Gasteiger partial charge is 0.416 e. The van der Waals surface area contributed by atoms with Crippen molar-refractivity contribution in [3.8, 4) is 11.4 Å². The number of H-pyrrole nitrogens is 1. The van der Waals surface area contributed by atoms with E-state index in [2.05, 4.69) is 19.9 Å². The van der Waals surface area contributed by atoms with Crippen molar-refractivity contribution < 1.29 is 13.2 Å². The molecular weight excluding hydrogens is 369 g/mol. The molecule has 1 aromatic carbocycles. The van der Waals surface area contributed by atoms with Gasteiger partial charge in [0.15, 0.2) is 0 Å². The van der Waals surface area contributed by atoms with Gasteiger partial charge in [0.25, 0.3) is 5.56 Å². The van der Waals surface area contributed by atoms with Crippen molar-refractivity contribution in [2.24, 2.45) is 0 Å². The second-order valence-electron chi connectivity index (χ2n) is 6.74. The maximum atomic E-state index is 12.7. The van der Waals surface area contributed by atoms with Crippen LogP contribution in [0.2, 0.25) is 0 Å². The zero-order valence-corrected chi connectivity index (χ0v) is 14.8. The molecule has 0 fully saturated rings. The van der Waals surface area contributed by atoms with Crippen LogP contribution in [0.5, 0.6) is 0 Å². The number of hydrogen-bond donors (Lipinski definition) is 1. The van der Waals surface area contributed by atoms with E-state index in [1.165, 1.54) is 12.1 Å². The molecule has 4 rings (SSSR count). The summed E-state index contributed by atoms with van der Waals surface area (Å²) in [5.74, 6) is 0.466. The van der Waals surface area contributed by atoms with Gasteiger partial charge in [-0.15, -0.1) is 0 Å².